The molecule has 0 aliphatic carbocycles. The summed E-state index contributed by atoms with van der Waals surface area (Å²) in [7, 11) is 1.74. The lowest BCUT2D eigenvalue weighted by Crippen LogP contribution is -2.49. The number of rotatable bonds is 9. The first kappa shape index (κ1) is 19.1. The number of methoxy groups -OCH3 is 1. The van der Waals surface area contributed by atoms with Crippen LogP contribution in [0.5, 0.6) is 0 Å². The maximum atomic E-state index is 12.0. The van der Waals surface area contributed by atoms with Gasteiger partial charge in [0.25, 0.3) is 0 Å². The van der Waals surface area contributed by atoms with Crippen molar-refractivity contribution in [3.05, 3.63) is 35.9 Å². The van der Waals surface area contributed by atoms with Crippen molar-refractivity contribution in [2.45, 2.75) is 45.1 Å². The first-order valence-electron chi connectivity index (χ1n) is 8.68. The number of Topliss-reactive ketones (excluding diaryl/α,β-unsaturated/α-hetero) is 1. The molecule has 2 rings (SSSR count). The van der Waals surface area contributed by atoms with Crippen LogP contribution < -0.4 is 0 Å². The molecule has 1 aliphatic rings. The molecule has 0 bridgehead atoms. The fourth-order valence-corrected chi connectivity index (χ4v) is 3.03. The van der Waals surface area contributed by atoms with Gasteiger partial charge in [-0.25, -0.2) is 0 Å². The number of carbonyl (C=O) groups is 1. The van der Waals surface area contributed by atoms with Gasteiger partial charge >= 0.3 is 0 Å². The van der Waals surface area contributed by atoms with Crippen molar-refractivity contribution in [1.29, 1.82) is 0 Å². The zero-order valence-corrected chi connectivity index (χ0v) is 14.9. The number of piperidine rings is 1. The highest BCUT2D eigenvalue weighted by atomic mass is 16.5. The van der Waals surface area contributed by atoms with Crippen molar-refractivity contribution < 1.29 is 19.0 Å². The average molecular weight is 335 g/mol. The monoisotopic (exact) mass is 335 g/mol. The van der Waals surface area contributed by atoms with Crippen LogP contribution in [0.3, 0.4) is 0 Å². The summed E-state index contributed by atoms with van der Waals surface area (Å²) in [5.74, 6) is 0.0125. The number of nitrogens with zero attached hydrogens (tertiary/aromatic N) is 1. The molecule has 0 N–H and O–H groups in total. The van der Waals surface area contributed by atoms with Crippen molar-refractivity contribution in [1.82, 2.24) is 4.90 Å². The van der Waals surface area contributed by atoms with E-state index in [0.717, 1.165) is 25.9 Å². The van der Waals surface area contributed by atoms with Crippen molar-refractivity contribution in [3.8, 4) is 0 Å². The molecule has 1 saturated heterocycles. The molecule has 24 heavy (non-hydrogen) atoms. The second-order valence-corrected chi connectivity index (χ2v) is 6.41. The third-order valence-corrected chi connectivity index (χ3v) is 4.17. The van der Waals surface area contributed by atoms with E-state index in [0.29, 0.717) is 12.2 Å². The highest BCUT2D eigenvalue weighted by Crippen LogP contribution is 2.20. The molecule has 1 aromatic carbocycles. The largest absolute Gasteiger partial charge is 0.374 e. The van der Waals surface area contributed by atoms with Gasteiger partial charge in [0.15, 0.2) is 5.78 Å². The van der Waals surface area contributed by atoms with Gasteiger partial charge in [-0.2, -0.15) is 0 Å². The molecule has 1 heterocycles. The molecule has 1 aromatic rings. The maximum Gasteiger partial charge on any atom is 0.188 e. The van der Waals surface area contributed by atoms with Crippen LogP contribution in [0.15, 0.2) is 30.3 Å². The van der Waals surface area contributed by atoms with Crippen LogP contribution in [0.2, 0.25) is 0 Å². The molecule has 5 nitrogen and oxygen atoms in total. The highest BCUT2D eigenvalue weighted by molar-refractivity contribution is 5.96. The topological polar surface area (TPSA) is 48.0 Å². The number of ketones is 1. The fourth-order valence-electron chi connectivity index (χ4n) is 3.03. The van der Waals surface area contributed by atoms with Gasteiger partial charge in [0.05, 0.1) is 18.8 Å². The molecule has 0 spiro atoms. The van der Waals surface area contributed by atoms with E-state index < -0.39 is 0 Å². The Morgan fingerprint density at radius 3 is 2.67 bits per heavy atom. The minimum Gasteiger partial charge on any atom is -0.374 e. The molecule has 5 heteroatoms. The quantitative estimate of drug-likeness (QED) is 0.513. The third-order valence-electron chi connectivity index (χ3n) is 4.17. The number of carbonyl (C=O) groups excluding carboxylic acids is 1. The molecule has 0 amide bonds. The second kappa shape index (κ2) is 9.89. The van der Waals surface area contributed by atoms with Gasteiger partial charge < -0.3 is 14.2 Å². The molecular formula is C19H29NO4. The Hall–Kier alpha value is -1.27. The number of benzene rings is 1. The molecule has 1 fully saturated rings. The minimum atomic E-state index is 0.0125. The minimum absolute atomic E-state index is 0.0125. The van der Waals surface area contributed by atoms with Gasteiger partial charge in [-0.15, -0.1) is 0 Å². The van der Waals surface area contributed by atoms with Crippen molar-refractivity contribution in [2.75, 3.05) is 33.4 Å². The Balaban J connectivity index is 1.73. The SMILES string of the molecule is COC1CCC(OC(C)C)CN1CCOCC(=O)c1ccccc1. The van der Waals surface area contributed by atoms with E-state index in [9.17, 15) is 4.79 Å². The Kier molecular flexibility index (Phi) is 7.85. The molecular weight excluding hydrogens is 306 g/mol. The van der Waals surface area contributed by atoms with Crippen molar-refractivity contribution in [2.24, 2.45) is 0 Å². The first-order valence-corrected chi connectivity index (χ1v) is 8.68. The smallest absolute Gasteiger partial charge is 0.188 e. The van der Waals surface area contributed by atoms with E-state index >= 15 is 0 Å². The van der Waals surface area contributed by atoms with Crippen molar-refractivity contribution in [3.63, 3.8) is 0 Å². The van der Waals surface area contributed by atoms with Crippen molar-refractivity contribution >= 4 is 5.78 Å². The van der Waals surface area contributed by atoms with Crippen LogP contribution in [0.1, 0.15) is 37.0 Å². The van der Waals surface area contributed by atoms with Gasteiger partial charge in [0, 0.05) is 25.8 Å². The Labute approximate surface area is 144 Å². The predicted molar refractivity (Wildman–Crippen MR) is 93.2 cm³/mol. The summed E-state index contributed by atoms with van der Waals surface area (Å²) in [4.78, 5) is 14.2. The molecule has 134 valence electrons. The van der Waals surface area contributed by atoms with E-state index in [-0.39, 0.29) is 30.8 Å². The van der Waals surface area contributed by atoms with E-state index in [4.69, 9.17) is 14.2 Å². The Morgan fingerprint density at radius 2 is 2.00 bits per heavy atom. The number of hydrogen-bond donors (Lipinski definition) is 0. The molecule has 0 saturated carbocycles. The number of likely N-dealkylation sites (tertiary alicyclic amines) is 1. The fraction of sp³-hybridized carbons (Fsp3) is 0.632. The summed E-state index contributed by atoms with van der Waals surface area (Å²) < 4.78 is 17.1. The zero-order chi connectivity index (χ0) is 17.4. The molecule has 0 radical (unpaired) electrons. The Bertz CT molecular complexity index is 491. The van der Waals surface area contributed by atoms with Crippen LogP contribution in [0, 0.1) is 0 Å². The number of ether oxygens (including phenoxy) is 3. The van der Waals surface area contributed by atoms with Crippen LogP contribution in [0.4, 0.5) is 0 Å². The molecule has 0 aromatic heterocycles. The van der Waals surface area contributed by atoms with E-state index in [1.165, 1.54) is 0 Å². The van der Waals surface area contributed by atoms with E-state index in [1.54, 1.807) is 7.11 Å². The average Bonchev–Trinajstić information content (AvgIpc) is 2.59. The Morgan fingerprint density at radius 1 is 1.25 bits per heavy atom. The lowest BCUT2D eigenvalue weighted by Gasteiger charge is -2.39. The summed E-state index contributed by atoms with van der Waals surface area (Å²) in [6.45, 7) is 6.32. The summed E-state index contributed by atoms with van der Waals surface area (Å²) in [5.41, 5.74) is 0.690. The lowest BCUT2D eigenvalue weighted by molar-refractivity contribution is -0.118. The van der Waals surface area contributed by atoms with Gasteiger partial charge in [0.1, 0.15) is 12.8 Å². The predicted octanol–water partition coefficient (Wildman–Crippen LogP) is 2.75. The van der Waals surface area contributed by atoms with Gasteiger partial charge in [-0.1, -0.05) is 30.3 Å². The van der Waals surface area contributed by atoms with E-state index in [2.05, 4.69) is 18.7 Å². The van der Waals surface area contributed by atoms with Gasteiger partial charge in [0.2, 0.25) is 0 Å². The van der Waals surface area contributed by atoms with Crippen LogP contribution in [-0.4, -0.2) is 62.5 Å². The zero-order valence-electron chi connectivity index (χ0n) is 14.9. The van der Waals surface area contributed by atoms with Crippen LogP contribution >= 0.6 is 0 Å². The third kappa shape index (κ3) is 5.98. The number of hydrogen-bond acceptors (Lipinski definition) is 5. The maximum absolute atomic E-state index is 12.0. The van der Waals surface area contributed by atoms with Crippen LogP contribution in [0.25, 0.3) is 0 Å². The van der Waals surface area contributed by atoms with Crippen LogP contribution in [-0.2, 0) is 14.2 Å². The highest BCUT2D eigenvalue weighted by Gasteiger charge is 2.28. The van der Waals surface area contributed by atoms with Gasteiger partial charge in [-0.05, 0) is 26.7 Å². The normalized spacial score (nSPS) is 22.0. The summed E-state index contributed by atoms with van der Waals surface area (Å²) in [5, 5.41) is 0. The summed E-state index contributed by atoms with van der Waals surface area (Å²) in [6.07, 6.45) is 2.54. The first-order chi connectivity index (χ1) is 11.6. The summed E-state index contributed by atoms with van der Waals surface area (Å²) in [6, 6.07) is 9.24. The molecule has 2 unspecified atom stereocenters. The molecule has 2 atom stereocenters. The van der Waals surface area contributed by atoms with E-state index in [1.807, 2.05) is 30.3 Å². The molecule has 1 aliphatic heterocycles. The summed E-state index contributed by atoms with van der Waals surface area (Å²) >= 11 is 0. The second-order valence-electron chi connectivity index (χ2n) is 6.41. The van der Waals surface area contributed by atoms with Gasteiger partial charge in [-0.3, -0.25) is 9.69 Å². The standard InChI is InChI=1S/C19H29NO4/c1-15(2)24-17-9-10-19(22-3)20(13-17)11-12-23-14-18(21)16-7-5-4-6-8-16/h4-8,15,17,19H,9-14H2,1-3H3. The lowest BCUT2D eigenvalue weighted by atomic mass is 10.1.